The van der Waals surface area contributed by atoms with Crippen molar-refractivity contribution in [3.8, 4) is 0 Å². The second kappa shape index (κ2) is 3.56. The van der Waals surface area contributed by atoms with Crippen LogP contribution in [0.1, 0.15) is 27.2 Å². The molecule has 0 aliphatic heterocycles. The molecule has 0 nitrogen and oxygen atoms in total. The van der Waals surface area contributed by atoms with Gasteiger partial charge in [-0.05, 0) is 37.3 Å². The minimum Gasteiger partial charge on any atom is -0.0874 e. The first-order chi connectivity index (χ1) is 5.25. The molecule has 0 fully saturated rings. The molecule has 1 unspecified atom stereocenters. The van der Waals surface area contributed by atoms with E-state index in [1.165, 1.54) is 17.6 Å². The molecular weight excluding hydrogens is 132 g/mol. The molecule has 1 aliphatic carbocycles. The number of hydrogen-bond donors (Lipinski definition) is 0. The fourth-order valence-electron chi connectivity index (χ4n) is 1.54. The molecule has 0 N–H and O–H groups in total. The van der Waals surface area contributed by atoms with E-state index in [0.717, 1.165) is 0 Å². The maximum atomic E-state index is 2.28. The molecule has 0 aromatic carbocycles. The Balaban J connectivity index is 2.91. The molecule has 0 heteroatoms. The van der Waals surface area contributed by atoms with Gasteiger partial charge in [-0.15, -0.1) is 0 Å². The molecule has 60 valence electrons. The average molecular weight is 148 g/mol. The van der Waals surface area contributed by atoms with E-state index in [1.54, 1.807) is 0 Å². The van der Waals surface area contributed by atoms with Crippen molar-refractivity contribution in [1.82, 2.24) is 0 Å². The summed E-state index contributed by atoms with van der Waals surface area (Å²) in [5.74, 6) is 0.705. The molecule has 0 saturated heterocycles. The van der Waals surface area contributed by atoms with Gasteiger partial charge in [0.2, 0.25) is 0 Å². The lowest BCUT2D eigenvalue weighted by Gasteiger charge is -2.17. The van der Waals surface area contributed by atoms with E-state index in [2.05, 4.69) is 45.1 Å². The molecule has 1 atom stereocenters. The van der Waals surface area contributed by atoms with Crippen LogP contribution >= 0.6 is 0 Å². The standard InChI is InChI=1S/C11H16/c1-4-6-11-9(2)7-5-8-10(11)3/h4-7,10H,8H2,1-3H3/b6-4-. The zero-order valence-electron chi connectivity index (χ0n) is 7.59. The number of rotatable bonds is 1. The smallest absolute Gasteiger partial charge is 0.0153 e. The molecule has 1 rings (SSSR count). The highest BCUT2D eigenvalue weighted by atomic mass is 14.1. The fourth-order valence-corrected chi connectivity index (χ4v) is 1.54. The van der Waals surface area contributed by atoms with Crippen molar-refractivity contribution in [2.24, 2.45) is 5.92 Å². The lowest BCUT2D eigenvalue weighted by Crippen LogP contribution is -2.01. The molecule has 0 heterocycles. The largest absolute Gasteiger partial charge is 0.0874 e. The lowest BCUT2D eigenvalue weighted by atomic mass is 9.89. The highest BCUT2D eigenvalue weighted by molar-refractivity contribution is 5.36. The second-order valence-electron chi connectivity index (χ2n) is 3.18. The molecule has 0 amide bonds. The predicted octanol–water partition coefficient (Wildman–Crippen LogP) is 3.48. The summed E-state index contributed by atoms with van der Waals surface area (Å²) >= 11 is 0. The second-order valence-corrected chi connectivity index (χ2v) is 3.18. The Labute approximate surface area is 69.3 Å². The molecule has 1 aliphatic rings. The van der Waals surface area contributed by atoms with Crippen LogP contribution in [0.4, 0.5) is 0 Å². The molecule has 0 bridgehead atoms. The van der Waals surface area contributed by atoms with Gasteiger partial charge in [-0.3, -0.25) is 0 Å². The van der Waals surface area contributed by atoms with Gasteiger partial charge in [0.05, 0.1) is 0 Å². The third-order valence-corrected chi connectivity index (χ3v) is 2.19. The Hall–Kier alpha value is -0.780. The summed E-state index contributed by atoms with van der Waals surface area (Å²) < 4.78 is 0. The van der Waals surface area contributed by atoms with E-state index >= 15 is 0 Å². The lowest BCUT2D eigenvalue weighted by molar-refractivity contribution is 0.695. The molecule has 0 saturated carbocycles. The maximum Gasteiger partial charge on any atom is -0.0153 e. The summed E-state index contributed by atoms with van der Waals surface area (Å²) in [4.78, 5) is 0. The Morgan fingerprint density at radius 3 is 2.82 bits per heavy atom. The topological polar surface area (TPSA) is 0 Å². The van der Waals surface area contributed by atoms with Gasteiger partial charge < -0.3 is 0 Å². The van der Waals surface area contributed by atoms with Crippen LogP contribution in [0.2, 0.25) is 0 Å². The first kappa shape index (κ1) is 8.32. The van der Waals surface area contributed by atoms with Crippen molar-refractivity contribution in [3.05, 3.63) is 35.5 Å². The minimum atomic E-state index is 0.705. The minimum absolute atomic E-state index is 0.705. The summed E-state index contributed by atoms with van der Waals surface area (Å²) in [6.07, 6.45) is 10.0. The van der Waals surface area contributed by atoms with Crippen LogP contribution in [0.3, 0.4) is 0 Å². The Bertz CT molecular complexity index is 216. The third kappa shape index (κ3) is 1.83. The van der Waals surface area contributed by atoms with E-state index in [0.29, 0.717) is 5.92 Å². The SMILES string of the molecule is C/C=C\C1=C(C)C=CCC1C. The van der Waals surface area contributed by atoms with Crippen molar-refractivity contribution in [1.29, 1.82) is 0 Å². The summed E-state index contributed by atoms with van der Waals surface area (Å²) in [6.45, 7) is 6.54. The van der Waals surface area contributed by atoms with Crippen LogP contribution in [-0.2, 0) is 0 Å². The first-order valence-electron chi connectivity index (χ1n) is 4.25. The number of allylic oxidation sites excluding steroid dienone is 6. The van der Waals surface area contributed by atoms with Crippen molar-refractivity contribution >= 4 is 0 Å². The zero-order valence-corrected chi connectivity index (χ0v) is 7.59. The van der Waals surface area contributed by atoms with Gasteiger partial charge in [0.1, 0.15) is 0 Å². The molecular formula is C11H16. The van der Waals surface area contributed by atoms with Gasteiger partial charge in [-0.25, -0.2) is 0 Å². The maximum absolute atomic E-state index is 2.28. The molecule has 0 spiro atoms. The highest BCUT2D eigenvalue weighted by Crippen LogP contribution is 2.25. The van der Waals surface area contributed by atoms with Crippen molar-refractivity contribution in [2.75, 3.05) is 0 Å². The van der Waals surface area contributed by atoms with Gasteiger partial charge in [0.25, 0.3) is 0 Å². The van der Waals surface area contributed by atoms with Crippen molar-refractivity contribution in [2.45, 2.75) is 27.2 Å². The zero-order chi connectivity index (χ0) is 8.27. The van der Waals surface area contributed by atoms with E-state index in [1.807, 2.05) is 0 Å². The van der Waals surface area contributed by atoms with Gasteiger partial charge in [-0.1, -0.05) is 31.2 Å². The first-order valence-corrected chi connectivity index (χ1v) is 4.25. The summed E-state index contributed by atoms with van der Waals surface area (Å²) in [5.41, 5.74) is 2.91. The molecule has 0 aromatic heterocycles. The molecule has 11 heavy (non-hydrogen) atoms. The van der Waals surface area contributed by atoms with Crippen LogP contribution in [0.25, 0.3) is 0 Å². The summed E-state index contributed by atoms with van der Waals surface area (Å²) in [5, 5.41) is 0. The normalized spacial score (nSPS) is 25.2. The average Bonchev–Trinajstić information content (AvgIpc) is 1.97. The van der Waals surface area contributed by atoms with Gasteiger partial charge in [-0.2, -0.15) is 0 Å². The Morgan fingerprint density at radius 1 is 1.55 bits per heavy atom. The van der Waals surface area contributed by atoms with Crippen molar-refractivity contribution < 1.29 is 0 Å². The fraction of sp³-hybridized carbons (Fsp3) is 0.455. The van der Waals surface area contributed by atoms with Crippen molar-refractivity contribution in [3.63, 3.8) is 0 Å². The molecule has 0 radical (unpaired) electrons. The van der Waals surface area contributed by atoms with Gasteiger partial charge in [0, 0.05) is 0 Å². The van der Waals surface area contributed by atoms with E-state index in [-0.39, 0.29) is 0 Å². The van der Waals surface area contributed by atoms with Gasteiger partial charge in [0.15, 0.2) is 0 Å². The quantitative estimate of drug-likeness (QED) is 0.534. The highest BCUT2D eigenvalue weighted by Gasteiger charge is 2.09. The Morgan fingerprint density at radius 2 is 2.27 bits per heavy atom. The number of hydrogen-bond acceptors (Lipinski definition) is 0. The predicted molar refractivity (Wildman–Crippen MR) is 50.4 cm³/mol. The van der Waals surface area contributed by atoms with Crippen LogP contribution in [0.15, 0.2) is 35.5 Å². The van der Waals surface area contributed by atoms with Crippen LogP contribution in [0, 0.1) is 5.92 Å². The van der Waals surface area contributed by atoms with E-state index in [9.17, 15) is 0 Å². The Kier molecular flexibility index (Phi) is 2.70. The third-order valence-electron chi connectivity index (χ3n) is 2.19. The monoisotopic (exact) mass is 148 g/mol. The summed E-state index contributed by atoms with van der Waals surface area (Å²) in [6, 6.07) is 0. The van der Waals surface area contributed by atoms with Crippen LogP contribution < -0.4 is 0 Å². The van der Waals surface area contributed by atoms with Crippen LogP contribution in [-0.4, -0.2) is 0 Å². The molecule has 0 aromatic rings. The van der Waals surface area contributed by atoms with Crippen LogP contribution in [0.5, 0.6) is 0 Å². The summed E-state index contributed by atoms with van der Waals surface area (Å²) in [7, 11) is 0. The van der Waals surface area contributed by atoms with E-state index < -0.39 is 0 Å². The van der Waals surface area contributed by atoms with E-state index in [4.69, 9.17) is 0 Å². The van der Waals surface area contributed by atoms with Gasteiger partial charge >= 0.3 is 0 Å².